The number of anilines is 2. The van der Waals surface area contributed by atoms with Gasteiger partial charge in [0.25, 0.3) is 5.91 Å². The number of thiazole rings is 1. The van der Waals surface area contributed by atoms with Gasteiger partial charge in [-0.15, -0.1) is 0 Å². The third-order valence-electron chi connectivity index (χ3n) is 5.55. The van der Waals surface area contributed by atoms with E-state index in [4.69, 9.17) is 9.72 Å². The van der Waals surface area contributed by atoms with Crippen LogP contribution in [0.3, 0.4) is 0 Å². The molecule has 1 aromatic heterocycles. The Hall–Kier alpha value is -2.97. The van der Waals surface area contributed by atoms with E-state index in [1.54, 1.807) is 17.4 Å². The highest BCUT2D eigenvalue weighted by Gasteiger charge is 2.25. The Morgan fingerprint density at radius 1 is 1.12 bits per heavy atom. The van der Waals surface area contributed by atoms with Gasteiger partial charge in [0.15, 0.2) is 5.13 Å². The fourth-order valence-corrected chi connectivity index (χ4v) is 4.74. The number of morpholine rings is 1. The second-order valence-electron chi connectivity index (χ2n) is 8.28. The second kappa shape index (κ2) is 9.67. The number of rotatable bonds is 6. The first-order valence-electron chi connectivity index (χ1n) is 10.8. The minimum atomic E-state index is -0.650. The molecule has 0 bridgehead atoms. The normalized spacial score (nSPS) is 15.1. The van der Waals surface area contributed by atoms with E-state index in [-0.39, 0.29) is 17.7 Å². The molecule has 1 atom stereocenters. The summed E-state index contributed by atoms with van der Waals surface area (Å²) in [6.07, 6.45) is 0. The maximum absolute atomic E-state index is 13.0. The van der Waals surface area contributed by atoms with Crippen LogP contribution >= 0.6 is 11.3 Å². The number of hydrogen-bond acceptors (Lipinski definition) is 6. The molecule has 168 valence electrons. The molecular weight excluding hydrogens is 424 g/mol. The van der Waals surface area contributed by atoms with Crippen molar-refractivity contribution >= 4 is 44.2 Å². The lowest BCUT2D eigenvalue weighted by Crippen LogP contribution is -2.47. The highest BCUT2D eigenvalue weighted by molar-refractivity contribution is 7.22. The standard InChI is InChI=1S/C24H28N4O3S/c1-15(2)21(27-22(29)18-7-5-4-6-16(18)3)23(30)25-17-8-9-19-20(14-17)32-24(26-19)28-10-12-31-13-11-28/h4-9,14-15,21H,10-13H2,1-3H3,(H,25,30)(H,27,29). The van der Waals surface area contributed by atoms with Gasteiger partial charge in [-0.05, 0) is 42.7 Å². The van der Waals surface area contributed by atoms with Crippen LogP contribution in [0.2, 0.25) is 0 Å². The third-order valence-corrected chi connectivity index (χ3v) is 6.63. The summed E-state index contributed by atoms with van der Waals surface area (Å²) in [6.45, 7) is 8.81. The molecule has 8 heteroatoms. The zero-order valence-electron chi connectivity index (χ0n) is 18.6. The molecule has 7 nitrogen and oxygen atoms in total. The Kier molecular flexibility index (Phi) is 6.72. The molecule has 0 saturated carbocycles. The molecule has 32 heavy (non-hydrogen) atoms. The average Bonchev–Trinajstić information content (AvgIpc) is 3.21. The molecule has 2 aromatic carbocycles. The number of aromatic nitrogens is 1. The van der Waals surface area contributed by atoms with Crippen LogP contribution in [-0.2, 0) is 9.53 Å². The van der Waals surface area contributed by atoms with Crippen molar-refractivity contribution < 1.29 is 14.3 Å². The second-order valence-corrected chi connectivity index (χ2v) is 9.29. The van der Waals surface area contributed by atoms with E-state index in [1.807, 2.05) is 57.2 Å². The van der Waals surface area contributed by atoms with Gasteiger partial charge in [0.05, 0.1) is 23.4 Å². The largest absolute Gasteiger partial charge is 0.378 e. The predicted octanol–water partition coefficient (Wildman–Crippen LogP) is 3.83. The molecule has 2 heterocycles. The molecule has 2 N–H and O–H groups in total. The minimum Gasteiger partial charge on any atom is -0.378 e. The number of nitrogens with one attached hydrogen (secondary N) is 2. The fourth-order valence-electron chi connectivity index (χ4n) is 3.68. The number of carbonyl (C=O) groups is 2. The van der Waals surface area contributed by atoms with Gasteiger partial charge < -0.3 is 20.3 Å². The van der Waals surface area contributed by atoms with Crippen molar-refractivity contribution in [2.45, 2.75) is 26.8 Å². The first-order chi connectivity index (χ1) is 15.4. The number of amides is 2. The molecule has 0 spiro atoms. The summed E-state index contributed by atoms with van der Waals surface area (Å²) >= 11 is 1.61. The first kappa shape index (κ1) is 22.2. The molecule has 3 aromatic rings. The number of aryl methyl sites for hydroxylation is 1. The van der Waals surface area contributed by atoms with Crippen LogP contribution in [0.25, 0.3) is 10.2 Å². The zero-order valence-corrected chi connectivity index (χ0v) is 19.4. The number of ether oxygens (including phenoxy) is 1. The molecule has 1 saturated heterocycles. The lowest BCUT2D eigenvalue weighted by atomic mass is 10.0. The molecule has 2 amide bonds. The van der Waals surface area contributed by atoms with Crippen molar-refractivity contribution in [3.05, 3.63) is 53.6 Å². The monoisotopic (exact) mass is 452 g/mol. The topological polar surface area (TPSA) is 83.6 Å². The van der Waals surface area contributed by atoms with Crippen LogP contribution in [0.4, 0.5) is 10.8 Å². The number of benzene rings is 2. The highest BCUT2D eigenvalue weighted by atomic mass is 32.1. The Labute approximate surface area is 191 Å². The smallest absolute Gasteiger partial charge is 0.252 e. The lowest BCUT2D eigenvalue weighted by molar-refractivity contribution is -0.118. The van der Waals surface area contributed by atoms with Crippen molar-refractivity contribution in [3.8, 4) is 0 Å². The van der Waals surface area contributed by atoms with Gasteiger partial charge >= 0.3 is 0 Å². The number of carbonyl (C=O) groups excluding carboxylic acids is 2. The summed E-state index contributed by atoms with van der Waals surface area (Å²) in [7, 11) is 0. The van der Waals surface area contributed by atoms with Crippen LogP contribution in [-0.4, -0.2) is 49.1 Å². The van der Waals surface area contributed by atoms with Gasteiger partial charge in [0, 0.05) is 24.3 Å². The van der Waals surface area contributed by atoms with Gasteiger partial charge in [-0.3, -0.25) is 9.59 Å². The molecule has 1 aliphatic heterocycles. The van der Waals surface area contributed by atoms with Crippen molar-refractivity contribution in [2.75, 3.05) is 36.5 Å². The fraction of sp³-hybridized carbons (Fsp3) is 0.375. The summed E-state index contributed by atoms with van der Waals surface area (Å²) in [5.74, 6) is -0.549. The summed E-state index contributed by atoms with van der Waals surface area (Å²) in [5, 5.41) is 6.84. The highest BCUT2D eigenvalue weighted by Crippen LogP contribution is 2.31. The predicted molar refractivity (Wildman–Crippen MR) is 129 cm³/mol. The zero-order chi connectivity index (χ0) is 22.7. The molecule has 4 rings (SSSR count). The van der Waals surface area contributed by atoms with Crippen molar-refractivity contribution in [2.24, 2.45) is 5.92 Å². The number of fused-ring (bicyclic) bond motifs is 1. The summed E-state index contributed by atoms with van der Waals surface area (Å²) < 4.78 is 6.43. The summed E-state index contributed by atoms with van der Waals surface area (Å²) in [6, 6.07) is 12.4. The Morgan fingerprint density at radius 3 is 2.59 bits per heavy atom. The van der Waals surface area contributed by atoms with E-state index in [1.165, 1.54) is 0 Å². The Morgan fingerprint density at radius 2 is 1.88 bits per heavy atom. The van der Waals surface area contributed by atoms with E-state index >= 15 is 0 Å². The van der Waals surface area contributed by atoms with Crippen molar-refractivity contribution in [3.63, 3.8) is 0 Å². The quantitative estimate of drug-likeness (QED) is 0.594. The van der Waals surface area contributed by atoms with Gasteiger partial charge in [-0.25, -0.2) is 4.98 Å². The summed E-state index contributed by atoms with van der Waals surface area (Å²) in [4.78, 5) is 32.7. The molecule has 1 unspecified atom stereocenters. The third kappa shape index (κ3) is 4.92. The Balaban J connectivity index is 1.48. The first-order valence-corrected chi connectivity index (χ1v) is 11.6. The number of nitrogens with zero attached hydrogens (tertiary/aromatic N) is 2. The van der Waals surface area contributed by atoms with Gasteiger partial charge in [-0.1, -0.05) is 43.4 Å². The van der Waals surface area contributed by atoms with Crippen molar-refractivity contribution in [1.82, 2.24) is 10.3 Å². The summed E-state index contributed by atoms with van der Waals surface area (Å²) in [5.41, 5.74) is 3.05. The molecule has 1 aliphatic rings. The van der Waals surface area contributed by atoms with Crippen LogP contribution in [0, 0.1) is 12.8 Å². The van der Waals surface area contributed by atoms with E-state index in [0.717, 1.165) is 34.0 Å². The lowest BCUT2D eigenvalue weighted by Gasteiger charge is -2.25. The SMILES string of the molecule is Cc1ccccc1C(=O)NC(C(=O)Nc1ccc2nc(N3CCOCC3)sc2c1)C(C)C. The average molecular weight is 453 g/mol. The van der Waals surface area contributed by atoms with Crippen LogP contribution in [0.15, 0.2) is 42.5 Å². The Bertz CT molecular complexity index is 1120. The van der Waals surface area contributed by atoms with Gasteiger partial charge in [0.1, 0.15) is 6.04 Å². The molecular formula is C24H28N4O3S. The van der Waals surface area contributed by atoms with E-state index in [2.05, 4.69) is 15.5 Å². The minimum absolute atomic E-state index is 0.0666. The molecule has 0 aliphatic carbocycles. The number of hydrogen-bond donors (Lipinski definition) is 2. The van der Waals surface area contributed by atoms with Crippen LogP contribution in [0.5, 0.6) is 0 Å². The van der Waals surface area contributed by atoms with Crippen LogP contribution < -0.4 is 15.5 Å². The van der Waals surface area contributed by atoms with E-state index in [9.17, 15) is 9.59 Å². The van der Waals surface area contributed by atoms with Crippen LogP contribution in [0.1, 0.15) is 29.8 Å². The van der Waals surface area contributed by atoms with E-state index < -0.39 is 6.04 Å². The maximum atomic E-state index is 13.0. The van der Waals surface area contributed by atoms with E-state index in [0.29, 0.717) is 24.5 Å². The molecule has 1 fully saturated rings. The maximum Gasteiger partial charge on any atom is 0.252 e. The van der Waals surface area contributed by atoms with Crippen molar-refractivity contribution in [1.29, 1.82) is 0 Å². The molecule has 0 radical (unpaired) electrons. The van der Waals surface area contributed by atoms with Gasteiger partial charge in [0.2, 0.25) is 5.91 Å². The van der Waals surface area contributed by atoms with Gasteiger partial charge in [-0.2, -0.15) is 0 Å².